The van der Waals surface area contributed by atoms with Crippen LogP contribution in [-0.2, 0) is 9.44 Å². The van der Waals surface area contributed by atoms with Crippen molar-refractivity contribution in [3.05, 3.63) is 12.7 Å². The molecular weight excluding hydrogens is 172 g/mol. The fourth-order valence-corrected chi connectivity index (χ4v) is 1.28. The molecule has 0 aromatic rings. The van der Waals surface area contributed by atoms with Crippen molar-refractivity contribution in [1.82, 2.24) is 0 Å². The molecule has 1 fully saturated rings. The maximum absolute atomic E-state index is 8.75. The molecule has 1 aliphatic rings. The van der Waals surface area contributed by atoms with Gasteiger partial charge in [-0.15, -0.1) is 0 Å². The van der Waals surface area contributed by atoms with Gasteiger partial charge in [-0.2, -0.15) is 0 Å². The van der Waals surface area contributed by atoms with E-state index in [1.54, 1.807) is 0 Å². The zero-order chi connectivity index (χ0) is 11.4. The third kappa shape index (κ3) is 5.66. The van der Waals surface area contributed by atoms with Crippen molar-refractivity contribution in [3.63, 3.8) is 0 Å². The predicted molar refractivity (Wildman–Crippen MR) is 50.7 cm³/mol. The van der Waals surface area contributed by atoms with E-state index in [4.69, 9.17) is 14.2 Å². The Balaban J connectivity index is 0. The van der Waals surface area contributed by atoms with Gasteiger partial charge in [0, 0.05) is 0 Å². The number of rotatable bonds is 2. The van der Waals surface area contributed by atoms with Crippen molar-refractivity contribution in [3.8, 4) is 0 Å². The van der Waals surface area contributed by atoms with Gasteiger partial charge in [-0.25, -0.2) is 0 Å². The quantitative estimate of drug-likeness (QED) is 0.355. The molecule has 0 N–H and O–H groups in total. The number of nitrogens with zero attached hydrogens (tertiary/aromatic N) is 1. The van der Waals surface area contributed by atoms with E-state index in [9.17, 15) is 0 Å². The van der Waals surface area contributed by atoms with Crippen molar-refractivity contribution in [2.24, 2.45) is 0 Å². The van der Waals surface area contributed by atoms with Crippen LogP contribution in [0.15, 0.2) is 12.7 Å². The zero-order valence-corrected chi connectivity index (χ0v) is 8.04. The van der Waals surface area contributed by atoms with Crippen molar-refractivity contribution in [1.29, 1.82) is 1.45 Å². The number of likely N-dealkylation sites (N-methyl/N-ethyl adjacent to an activating group) is 1. The first-order valence-corrected chi connectivity index (χ1v) is 4.03. The van der Waals surface area contributed by atoms with Crippen LogP contribution in [0.4, 0.5) is 4.72 Å². The maximum atomic E-state index is 8.75. The van der Waals surface area contributed by atoms with Crippen molar-refractivity contribution in [2.75, 3.05) is 39.9 Å². The van der Waals surface area contributed by atoms with Crippen LogP contribution >= 0.6 is 0 Å². The van der Waals surface area contributed by atoms with E-state index >= 15 is 0 Å². The van der Waals surface area contributed by atoms with E-state index in [-0.39, 0.29) is 0 Å². The zero-order valence-electron chi connectivity index (χ0n) is 9.04. The van der Waals surface area contributed by atoms with Crippen LogP contribution in [0.2, 0.25) is 0 Å². The number of halogens is 1. The van der Waals surface area contributed by atoms with Gasteiger partial charge in [0.05, 0.1) is 26.8 Å². The van der Waals surface area contributed by atoms with E-state index in [0.717, 1.165) is 37.3 Å². The molecule has 0 amide bonds. The van der Waals surface area contributed by atoms with Gasteiger partial charge in [0.25, 0.3) is 1.45 Å². The van der Waals surface area contributed by atoms with Crippen molar-refractivity contribution < 1.29 is 18.6 Å². The van der Waals surface area contributed by atoms with Crippen LogP contribution in [0.3, 0.4) is 0 Å². The number of ether oxygens (including phenoxy) is 1. The molecule has 0 bridgehead atoms. The van der Waals surface area contributed by atoms with E-state index < -0.39 is 0 Å². The summed E-state index contributed by atoms with van der Waals surface area (Å²) in [7, 11) is 5.50. The van der Waals surface area contributed by atoms with Gasteiger partial charge in [0.1, 0.15) is 13.1 Å². The second-order valence-electron chi connectivity index (χ2n) is 3.15. The Bertz CT molecular complexity index is 145. The van der Waals surface area contributed by atoms with Crippen LogP contribution in [-0.4, -0.2) is 53.5 Å². The Morgan fingerprint density at radius 1 is 1.62 bits per heavy atom. The summed E-state index contributed by atoms with van der Waals surface area (Å²) in [6.45, 7) is 8.89. The second-order valence-corrected chi connectivity index (χ2v) is 3.15. The third-order valence-corrected chi connectivity index (χ3v) is 2.12. The minimum atomic E-state index is 0.907. The number of quaternary nitrogens is 1. The van der Waals surface area contributed by atoms with Crippen LogP contribution in [0.25, 0.3) is 0 Å². The molecule has 75 valence electrons. The molecule has 0 aromatic carbocycles. The molecule has 0 saturated carbocycles. The summed E-state index contributed by atoms with van der Waals surface area (Å²) in [6, 6.07) is 0. The Hall–Kier alpha value is -0.545. The molecule has 1 radical (unpaired) electrons. The standard InChI is InChI=1S/C8H16NO.BO.FH/c1-3-4-9(2)5-7-10-8-6-9;1-2;/h3H,1,4-8H2,2H3;;1H/q+1;;/i/hD. The Labute approximate surface area is 81.3 Å². The first kappa shape index (κ1) is 12.5. The molecule has 1 saturated heterocycles. The van der Waals surface area contributed by atoms with Crippen LogP contribution in [0.1, 0.15) is 0 Å². The fourth-order valence-electron chi connectivity index (χ4n) is 1.28. The Morgan fingerprint density at radius 3 is 2.46 bits per heavy atom. The topological polar surface area (TPSA) is 26.3 Å². The summed E-state index contributed by atoms with van der Waals surface area (Å²) in [5.74, 6) is 0. The van der Waals surface area contributed by atoms with Crippen molar-refractivity contribution >= 4 is 7.72 Å². The average molecular weight is 190 g/mol. The summed E-state index contributed by atoms with van der Waals surface area (Å²) in [5, 5.41) is 0. The molecule has 13 heavy (non-hydrogen) atoms. The van der Waals surface area contributed by atoms with Crippen molar-refractivity contribution in [2.45, 2.75) is 0 Å². The molecule has 0 unspecified atom stereocenters. The van der Waals surface area contributed by atoms with Crippen LogP contribution in [0, 0.1) is 0 Å². The molecular formula is C8H17BFNO2+. The Morgan fingerprint density at radius 2 is 2.08 bits per heavy atom. The van der Waals surface area contributed by atoms with Gasteiger partial charge >= 0.3 is 12.4 Å². The monoisotopic (exact) mass is 190 g/mol. The molecule has 3 nitrogen and oxygen atoms in total. The molecule has 5 heteroatoms. The number of morpholine rings is 1. The van der Waals surface area contributed by atoms with Crippen LogP contribution < -0.4 is 0 Å². The van der Waals surface area contributed by atoms with E-state index in [2.05, 4.69) is 22.8 Å². The van der Waals surface area contributed by atoms with Gasteiger partial charge in [-0.1, -0.05) is 6.58 Å². The SMILES string of the molecule is C=CC[N+]1(C)CCOCC1.[2H]F.[B]=O. The van der Waals surface area contributed by atoms with Gasteiger partial charge in [0.2, 0.25) is 0 Å². The molecule has 0 atom stereocenters. The molecule has 0 aromatic heterocycles. The van der Waals surface area contributed by atoms with Gasteiger partial charge < -0.3 is 9.22 Å². The molecule has 1 rings (SSSR count). The summed E-state index contributed by atoms with van der Waals surface area (Å²) >= 11 is 0. The molecule has 0 spiro atoms. The number of hydrogen-bond acceptors (Lipinski definition) is 2. The first-order chi connectivity index (χ1) is 6.77. The summed E-state index contributed by atoms with van der Waals surface area (Å²) in [4.78, 5) is 0. The minimum absolute atomic E-state index is 0.907. The normalized spacial score (nSPS) is 19.3. The summed E-state index contributed by atoms with van der Waals surface area (Å²) in [6.07, 6.45) is 1.99. The van der Waals surface area contributed by atoms with Crippen LogP contribution in [0.5, 0.6) is 0 Å². The fraction of sp³-hybridized carbons (Fsp3) is 0.750. The van der Waals surface area contributed by atoms with Gasteiger partial charge in [-0.3, -0.25) is 4.72 Å². The summed E-state index contributed by atoms with van der Waals surface area (Å²) in [5.41, 5.74) is 0. The van der Waals surface area contributed by atoms with E-state index in [1.807, 2.05) is 6.08 Å². The second kappa shape index (κ2) is 8.07. The van der Waals surface area contributed by atoms with E-state index in [1.165, 1.54) is 0 Å². The average Bonchev–Trinajstić information content (AvgIpc) is 2.25. The van der Waals surface area contributed by atoms with Gasteiger partial charge in [-0.05, 0) is 6.08 Å². The van der Waals surface area contributed by atoms with E-state index in [0.29, 0.717) is 0 Å². The number of hydrogen-bond donors (Lipinski definition) is 0. The molecule has 0 aliphatic carbocycles. The first-order valence-electron chi connectivity index (χ1n) is 4.40. The molecule has 1 aliphatic heterocycles. The third-order valence-electron chi connectivity index (χ3n) is 2.12. The summed E-state index contributed by atoms with van der Waals surface area (Å²) < 4.78 is 27.1. The predicted octanol–water partition coefficient (Wildman–Crippen LogP) is 0.302. The molecule has 1 heterocycles. The van der Waals surface area contributed by atoms with Gasteiger partial charge in [0.15, 0.2) is 0 Å². The Kier molecular flexibility index (Phi) is 7.73.